The number of nitrogens with zero attached hydrogens (tertiary/aromatic N) is 1. The van der Waals surface area contributed by atoms with E-state index in [9.17, 15) is 0 Å². The Kier molecular flexibility index (Phi) is 2.51. The summed E-state index contributed by atoms with van der Waals surface area (Å²) in [6.45, 7) is 4.06. The maximum absolute atomic E-state index is 5.07. The minimum atomic E-state index is 0.757. The van der Waals surface area contributed by atoms with E-state index in [-0.39, 0.29) is 0 Å². The SMILES string of the molecule is BC(=C)Nc1c2c(nc(C3CC3)c1C1CC1)CCC2. The van der Waals surface area contributed by atoms with E-state index in [4.69, 9.17) is 4.98 Å². The lowest BCUT2D eigenvalue weighted by molar-refractivity contribution is 0.882. The quantitative estimate of drug-likeness (QED) is 0.833. The Morgan fingerprint density at radius 1 is 1.16 bits per heavy atom. The number of hydrogen-bond acceptors (Lipinski definition) is 2. The van der Waals surface area contributed by atoms with Crippen LogP contribution in [0.25, 0.3) is 0 Å². The zero-order chi connectivity index (χ0) is 13.0. The average molecular weight is 252 g/mol. The molecule has 0 aliphatic heterocycles. The Morgan fingerprint density at radius 3 is 2.53 bits per heavy atom. The van der Waals surface area contributed by atoms with Crippen LogP contribution in [0.15, 0.2) is 12.2 Å². The lowest BCUT2D eigenvalue weighted by Gasteiger charge is -2.20. The van der Waals surface area contributed by atoms with Gasteiger partial charge in [0.05, 0.1) is 0 Å². The number of anilines is 1. The van der Waals surface area contributed by atoms with E-state index in [2.05, 4.69) is 19.7 Å². The number of fused-ring (bicyclic) bond motifs is 1. The molecule has 1 aromatic heterocycles. The second-order valence-corrected chi connectivity index (χ2v) is 6.52. The molecule has 1 aromatic rings. The van der Waals surface area contributed by atoms with Gasteiger partial charge in [0, 0.05) is 28.6 Å². The zero-order valence-electron chi connectivity index (χ0n) is 11.8. The molecule has 1 N–H and O–H groups in total. The van der Waals surface area contributed by atoms with Gasteiger partial charge in [0.25, 0.3) is 0 Å². The molecule has 0 radical (unpaired) electrons. The summed E-state index contributed by atoms with van der Waals surface area (Å²) in [6, 6.07) is 0. The summed E-state index contributed by atoms with van der Waals surface area (Å²) in [6.07, 6.45) is 9.03. The van der Waals surface area contributed by atoms with Crippen molar-refractivity contribution in [1.29, 1.82) is 0 Å². The monoisotopic (exact) mass is 252 g/mol. The van der Waals surface area contributed by atoms with Crippen molar-refractivity contribution in [3.63, 3.8) is 0 Å². The Balaban J connectivity index is 1.90. The second-order valence-electron chi connectivity index (χ2n) is 6.52. The predicted octanol–water partition coefficient (Wildman–Crippen LogP) is 2.84. The lowest BCUT2D eigenvalue weighted by Crippen LogP contribution is -2.09. The molecule has 3 aliphatic rings. The normalized spacial score (nSPS) is 21.3. The molecule has 2 fully saturated rings. The van der Waals surface area contributed by atoms with Gasteiger partial charge >= 0.3 is 0 Å². The van der Waals surface area contributed by atoms with Gasteiger partial charge in [0.2, 0.25) is 0 Å². The van der Waals surface area contributed by atoms with Gasteiger partial charge in [-0.15, -0.1) is 0 Å². The fourth-order valence-corrected chi connectivity index (χ4v) is 3.43. The van der Waals surface area contributed by atoms with Crippen molar-refractivity contribution < 1.29 is 0 Å². The first-order chi connectivity index (χ1) is 9.24. The van der Waals surface area contributed by atoms with Crippen LogP contribution >= 0.6 is 0 Å². The molecular formula is C16H21BN2. The van der Waals surface area contributed by atoms with E-state index in [1.807, 2.05) is 0 Å². The minimum Gasteiger partial charge on any atom is -0.368 e. The van der Waals surface area contributed by atoms with E-state index >= 15 is 0 Å². The van der Waals surface area contributed by atoms with Crippen molar-refractivity contribution in [3.8, 4) is 0 Å². The van der Waals surface area contributed by atoms with E-state index in [1.165, 1.54) is 67.6 Å². The molecule has 3 aliphatic carbocycles. The maximum atomic E-state index is 5.07. The van der Waals surface area contributed by atoms with E-state index in [1.54, 1.807) is 5.56 Å². The summed E-state index contributed by atoms with van der Waals surface area (Å²) in [5.41, 5.74) is 8.32. The van der Waals surface area contributed by atoms with E-state index in [0.29, 0.717) is 0 Å². The van der Waals surface area contributed by atoms with Crippen LogP contribution in [0.4, 0.5) is 5.69 Å². The first-order valence-electron chi connectivity index (χ1n) is 7.72. The third kappa shape index (κ3) is 2.00. The lowest BCUT2D eigenvalue weighted by atomic mass is 9.96. The number of pyridine rings is 1. The highest BCUT2D eigenvalue weighted by Gasteiger charge is 2.38. The van der Waals surface area contributed by atoms with Gasteiger partial charge in [-0.1, -0.05) is 6.58 Å². The van der Waals surface area contributed by atoms with Crippen molar-refractivity contribution >= 4 is 13.5 Å². The van der Waals surface area contributed by atoms with Gasteiger partial charge in [-0.25, -0.2) is 0 Å². The largest absolute Gasteiger partial charge is 0.368 e. The van der Waals surface area contributed by atoms with Crippen LogP contribution < -0.4 is 5.32 Å². The van der Waals surface area contributed by atoms with E-state index < -0.39 is 0 Å². The number of aromatic nitrogens is 1. The molecule has 19 heavy (non-hydrogen) atoms. The molecule has 1 heterocycles. The van der Waals surface area contributed by atoms with Crippen LogP contribution in [0.1, 0.15) is 66.5 Å². The molecule has 0 spiro atoms. The van der Waals surface area contributed by atoms with Crippen LogP contribution in [0.5, 0.6) is 0 Å². The molecule has 2 saturated carbocycles. The highest BCUT2D eigenvalue weighted by molar-refractivity contribution is 6.22. The zero-order valence-corrected chi connectivity index (χ0v) is 11.8. The van der Waals surface area contributed by atoms with Gasteiger partial charge in [-0.3, -0.25) is 4.98 Å². The Labute approximate surface area is 116 Å². The van der Waals surface area contributed by atoms with Crippen molar-refractivity contribution in [3.05, 3.63) is 34.7 Å². The fourth-order valence-electron chi connectivity index (χ4n) is 3.43. The fraction of sp³-hybridized carbons (Fsp3) is 0.562. The molecule has 0 amide bonds. The highest BCUT2D eigenvalue weighted by Crippen LogP contribution is 2.52. The Hall–Kier alpha value is -1.25. The Morgan fingerprint density at radius 2 is 1.89 bits per heavy atom. The third-order valence-electron chi connectivity index (χ3n) is 4.58. The highest BCUT2D eigenvalue weighted by atomic mass is 14.9. The molecule has 0 atom stereocenters. The standard InChI is InChI=1S/C16H21BN2/c1-9(17)18-16-12-3-2-4-13(12)19-15(11-7-8-11)14(16)10-5-6-10/h10-11H,1-8,17H2,(H,18,19). The summed E-state index contributed by atoms with van der Waals surface area (Å²) in [5, 5.41) is 3.58. The number of hydrogen-bond donors (Lipinski definition) is 1. The molecule has 0 saturated heterocycles. The van der Waals surface area contributed by atoms with Crippen molar-refractivity contribution in [2.45, 2.75) is 56.8 Å². The Bertz CT molecular complexity index is 556. The molecule has 3 heteroatoms. The maximum Gasteiger partial charge on any atom is 0.159 e. The molecule has 4 rings (SSSR count). The van der Waals surface area contributed by atoms with E-state index in [0.717, 1.165) is 17.4 Å². The first-order valence-corrected chi connectivity index (χ1v) is 7.72. The summed E-state index contributed by atoms with van der Waals surface area (Å²) < 4.78 is 0. The first kappa shape index (κ1) is 11.6. The van der Waals surface area contributed by atoms with Gasteiger partial charge in [-0.2, -0.15) is 0 Å². The molecule has 2 nitrogen and oxygen atoms in total. The molecule has 0 bridgehead atoms. The van der Waals surface area contributed by atoms with Crippen LogP contribution in [0, 0.1) is 0 Å². The number of aryl methyl sites for hydroxylation is 1. The van der Waals surface area contributed by atoms with Crippen LogP contribution in [0.3, 0.4) is 0 Å². The molecule has 0 aromatic carbocycles. The second kappa shape index (κ2) is 4.12. The minimum absolute atomic E-state index is 0.757. The third-order valence-corrected chi connectivity index (χ3v) is 4.58. The summed E-state index contributed by atoms with van der Waals surface area (Å²) in [4.78, 5) is 5.07. The predicted molar refractivity (Wildman–Crippen MR) is 81.5 cm³/mol. The van der Waals surface area contributed by atoms with Gasteiger partial charge in [0.1, 0.15) is 0 Å². The van der Waals surface area contributed by atoms with Crippen LogP contribution in [-0.2, 0) is 12.8 Å². The average Bonchev–Trinajstić information content (AvgIpc) is 3.26. The molecule has 0 unspecified atom stereocenters. The smallest absolute Gasteiger partial charge is 0.159 e. The summed E-state index contributed by atoms with van der Waals surface area (Å²) >= 11 is 0. The van der Waals surface area contributed by atoms with Gasteiger partial charge in [-0.05, 0) is 62.0 Å². The van der Waals surface area contributed by atoms with Crippen molar-refractivity contribution in [2.24, 2.45) is 0 Å². The van der Waals surface area contributed by atoms with Gasteiger partial charge < -0.3 is 5.32 Å². The topological polar surface area (TPSA) is 24.9 Å². The summed E-state index contributed by atoms with van der Waals surface area (Å²) in [5.74, 6) is 1.53. The summed E-state index contributed by atoms with van der Waals surface area (Å²) in [7, 11) is 2.06. The van der Waals surface area contributed by atoms with Crippen LogP contribution in [0.2, 0.25) is 0 Å². The van der Waals surface area contributed by atoms with Gasteiger partial charge in [0.15, 0.2) is 7.85 Å². The van der Waals surface area contributed by atoms with Crippen LogP contribution in [-0.4, -0.2) is 12.8 Å². The number of rotatable bonds is 4. The molecule has 98 valence electrons. The van der Waals surface area contributed by atoms with Crippen molar-refractivity contribution in [1.82, 2.24) is 4.98 Å². The number of nitrogens with one attached hydrogen (secondary N) is 1. The van der Waals surface area contributed by atoms with Crippen molar-refractivity contribution in [2.75, 3.05) is 5.32 Å². The molecular weight excluding hydrogens is 231 g/mol.